The minimum Gasteiger partial charge on any atom is -0.384 e. The predicted octanol–water partition coefficient (Wildman–Crippen LogP) is -0.757. The molecule has 0 aliphatic heterocycles. The van der Waals surface area contributed by atoms with Gasteiger partial charge in [-0.3, -0.25) is 0 Å². The first-order chi connectivity index (χ1) is 5.24. The Morgan fingerprint density at radius 1 is 1.45 bits per heavy atom. The van der Waals surface area contributed by atoms with Crippen LogP contribution in [0.1, 0.15) is 5.69 Å². The van der Waals surface area contributed by atoms with Crippen LogP contribution in [0, 0.1) is 0 Å². The Bertz CT molecular complexity index is 280. The molecule has 5 heteroatoms. The molecule has 6 N–H and O–H groups in total. The van der Waals surface area contributed by atoms with Crippen molar-refractivity contribution in [3.63, 3.8) is 0 Å². The van der Waals surface area contributed by atoms with Crippen molar-refractivity contribution in [2.75, 3.05) is 5.73 Å². The molecule has 0 aliphatic carbocycles. The Balaban J connectivity index is 3.06. The standard InChI is InChI=1S/C6H9N5/c7-5-3-1-2-4(10-5)6(8)11-9/h1-3H,9H2,(H2,7,10)(H2,8,11). The van der Waals surface area contributed by atoms with Crippen LogP contribution < -0.4 is 17.3 Å². The van der Waals surface area contributed by atoms with Crippen molar-refractivity contribution >= 4 is 11.7 Å². The number of anilines is 1. The van der Waals surface area contributed by atoms with Crippen LogP contribution in [0.2, 0.25) is 0 Å². The molecule has 0 aromatic carbocycles. The van der Waals surface area contributed by atoms with Crippen molar-refractivity contribution in [2.24, 2.45) is 16.7 Å². The van der Waals surface area contributed by atoms with Gasteiger partial charge in [0.05, 0.1) is 0 Å². The second kappa shape index (κ2) is 2.87. The Labute approximate surface area is 63.9 Å². The fourth-order valence-electron chi connectivity index (χ4n) is 0.660. The zero-order chi connectivity index (χ0) is 8.27. The van der Waals surface area contributed by atoms with Crippen LogP contribution in [-0.4, -0.2) is 10.8 Å². The van der Waals surface area contributed by atoms with E-state index in [1.54, 1.807) is 18.2 Å². The van der Waals surface area contributed by atoms with Crippen molar-refractivity contribution in [2.45, 2.75) is 0 Å². The minimum atomic E-state index is 0.178. The topological polar surface area (TPSA) is 103 Å². The maximum atomic E-state index is 5.39. The van der Waals surface area contributed by atoms with Gasteiger partial charge in [-0.15, -0.1) is 0 Å². The van der Waals surface area contributed by atoms with Gasteiger partial charge in [-0.25, -0.2) is 4.98 Å². The van der Waals surface area contributed by atoms with Gasteiger partial charge in [-0.05, 0) is 12.1 Å². The largest absolute Gasteiger partial charge is 0.384 e. The molecular formula is C6H9N5. The van der Waals surface area contributed by atoms with Crippen LogP contribution in [0.15, 0.2) is 23.3 Å². The summed E-state index contributed by atoms with van der Waals surface area (Å²) in [5.41, 5.74) is 11.3. The van der Waals surface area contributed by atoms with Gasteiger partial charge in [0.25, 0.3) is 0 Å². The van der Waals surface area contributed by atoms with E-state index in [-0.39, 0.29) is 5.84 Å². The number of nitrogen functional groups attached to an aromatic ring is 1. The van der Waals surface area contributed by atoms with Crippen molar-refractivity contribution in [3.8, 4) is 0 Å². The Morgan fingerprint density at radius 2 is 2.18 bits per heavy atom. The molecule has 58 valence electrons. The first-order valence-corrected chi connectivity index (χ1v) is 3.00. The molecule has 0 aliphatic rings. The molecule has 0 bridgehead atoms. The first kappa shape index (κ1) is 7.33. The highest BCUT2D eigenvalue weighted by molar-refractivity contribution is 5.95. The normalized spacial score (nSPS) is 11.5. The minimum absolute atomic E-state index is 0.178. The lowest BCUT2D eigenvalue weighted by Crippen LogP contribution is -2.17. The Hall–Kier alpha value is -1.78. The van der Waals surface area contributed by atoms with E-state index in [0.717, 1.165) is 0 Å². The van der Waals surface area contributed by atoms with Gasteiger partial charge in [0, 0.05) is 0 Å². The molecule has 5 nitrogen and oxygen atoms in total. The van der Waals surface area contributed by atoms with E-state index in [9.17, 15) is 0 Å². The van der Waals surface area contributed by atoms with E-state index in [0.29, 0.717) is 11.5 Å². The van der Waals surface area contributed by atoms with Crippen molar-refractivity contribution in [3.05, 3.63) is 23.9 Å². The summed E-state index contributed by atoms with van der Waals surface area (Å²) in [6.07, 6.45) is 0. The van der Waals surface area contributed by atoms with Crippen molar-refractivity contribution in [1.29, 1.82) is 0 Å². The molecular weight excluding hydrogens is 142 g/mol. The van der Waals surface area contributed by atoms with Gasteiger partial charge >= 0.3 is 0 Å². The summed E-state index contributed by atoms with van der Waals surface area (Å²) in [7, 11) is 0. The van der Waals surface area contributed by atoms with Gasteiger partial charge in [-0.1, -0.05) is 6.07 Å². The molecule has 0 fully saturated rings. The summed E-state index contributed by atoms with van der Waals surface area (Å²) in [4.78, 5) is 3.89. The van der Waals surface area contributed by atoms with Gasteiger partial charge in [0.1, 0.15) is 11.5 Å². The summed E-state index contributed by atoms with van der Waals surface area (Å²) >= 11 is 0. The molecule has 1 aromatic heterocycles. The van der Waals surface area contributed by atoms with E-state index < -0.39 is 0 Å². The zero-order valence-corrected chi connectivity index (χ0v) is 5.86. The van der Waals surface area contributed by atoms with E-state index in [1.807, 2.05) is 0 Å². The lowest BCUT2D eigenvalue weighted by Gasteiger charge is -1.97. The molecule has 0 spiro atoms. The lowest BCUT2D eigenvalue weighted by molar-refractivity contribution is 1.20. The van der Waals surface area contributed by atoms with Gasteiger partial charge in [0.2, 0.25) is 0 Å². The van der Waals surface area contributed by atoms with E-state index >= 15 is 0 Å². The number of hydrogen-bond donors (Lipinski definition) is 3. The quantitative estimate of drug-likeness (QED) is 0.212. The van der Waals surface area contributed by atoms with Gasteiger partial charge in [-0.2, -0.15) is 5.10 Å². The first-order valence-electron chi connectivity index (χ1n) is 3.00. The van der Waals surface area contributed by atoms with E-state index in [2.05, 4.69) is 10.1 Å². The number of aromatic nitrogens is 1. The predicted molar refractivity (Wildman–Crippen MR) is 43.6 cm³/mol. The number of nitrogens with zero attached hydrogens (tertiary/aromatic N) is 2. The Kier molecular flexibility index (Phi) is 1.91. The fraction of sp³-hybridized carbons (Fsp3) is 0. The molecule has 0 atom stereocenters. The van der Waals surface area contributed by atoms with Crippen molar-refractivity contribution < 1.29 is 0 Å². The molecule has 0 amide bonds. The molecule has 11 heavy (non-hydrogen) atoms. The molecule has 0 saturated heterocycles. The number of hydrazone groups is 1. The van der Waals surface area contributed by atoms with Crippen LogP contribution in [0.5, 0.6) is 0 Å². The third-order valence-corrected chi connectivity index (χ3v) is 1.17. The molecule has 1 aromatic rings. The Morgan fingerprint density at radius 3 is 2.73 bits per heavy atom. The van der Waals surface area contributed by atoms with E-state index in [1.165, 1.54) is 0 Å². The number of rotatable bonds is 1. The molecule has 0 radical (unpaired) electrons. The summed E-state index contributed by atoms with van der Waals surface area (Å²) in [6.45, 7) is 0. The fourth-order valence-corrected chi connectivity index (χ4v) is 0.660. The highest BCUT2D eigenvalue weighted by Gasteiger charge is 1.97. The van der Waals surface area contributed by atoms with Crippen LogP contribution in [0.3, 0.4) is 0 Å². The molecule has 0 saturated carbocycles. The lowest BCUT2D eigenvalue weighted by atomic mass is 10.3. The third-order valence-electron chi connectivity index (χ3n) is 1.17. The maximum Gasteiger partial charge on any atom is 0.169 e. The van der Waals surface area contributed by atoms with E-state index in [4.69, 9.17) is 17.3 Å². The smallest absolute Gasteiger partial charge is 0.169 e. The third kappa shape index (κ3) is 1.57. The average molecular weight is 151 g/mol. The summed E-state index contributed by atoms with van der Waals surface area (Å²) < 4.78 is 0. The SMILES string of the molecule is NN=C(N)c1cccc(N)n1. The monoisotopic (exact) mass is 151 g/mol. The number of amidine groups is 1. The average Bonchev–Trinajstić information content (AvgIpc) is 2.03. The summed E-state index contributed by atoms with van der Waals surface area (Å²) in [6, 6.07) is 5.07. The highest BCUT2D eigenvalue weighted by atomic mass is 15.2. The maximum absolute atomic E-state index is 5.39. The van der Waals surface area contributed by atoms with Gasteiger partial charge in [0.15, 0.2) is 5.84 Å². The second-order valence-corrected chi connectivity index (χ2v) is 1.96. The summed E-state index contributed by atoms with van der Waals surface area (Å²) in [5.74, 6) is 5.51. The van der Waals surface area contributed by atoms with Crippen LogP contribution in [-0.2, 0) is 0 Å². The molecule has 1 heterocycles. The molecule has 1 rings (SSSR count). The molecule has 0 unspecified atom stereocenters. The van der Waals surface area contributed by atoms with Crippen LogP contribution >= 0.6 is 0 Å². The zero-order valence-electron chi connectivity index (χ0n) is 5.86. The number of hydrogen-bond acceptors (Lipinski definition) is 4. The highest BCUT2D eigenvalue weighted by Crippen LogP contribution is 1.98. The second-order valence-electron chi connectivity index (χ2n) is 1.96. The number of pyridine rings is 1. The summed E-state index contributed by atoms with van der Waals surface area (Å²) in [5, 5.41) is 3.28. The van der Waals surface area contributed by atoms with Crippen LogP contribution in [0.4, 0.5) is 5.82 Å². The van der Waals surface area contributed by atoms with Crippen LogP contribution in [0.25, 0.3) is 0 Å². The number of nitrogens with two attached hydrogens (primary N) is 3. The van der Waals surface area contributed by atoms with Gasteiger partial charge < -0.3 is 17.3 Å². The van der Waals surface area contributed by atoms with Crippen molar-refractivity contribution in [1.82, 2.24) is 4.98 Å².